The molecule has 2 aromatic rings. The lowest BCUT2D eigenvalue weighted by Crippen LogP contribution is -2.26. The van der Waals surface area contributed by atoms with Gasteiger partial charge in [-0.2, -0.15) is 0 Å². The lowest BCUT2D eigenvalue weighted by Gasteiger charge is -2.10. The molecule has 0 radical (unpaired) electrons. The Morgan fingerprint density at radius 1 is 1.45 bits per heavy atom. The van der Waals surface area contributed by atoms with Crippen LogP contribution < -0.4 is 11.1 Å². The number of nitrogens with two attached hydrogens (primary N) is 1. The number of anilines is 1. The van der Waals surface area contributed by atoms with E-state index in [9.17, 15) is 4.79 Å². The number of benzene rings is 1. The summed E-state index contributed by atoms with van der Waals surface area (Å²) in [7, 11) is 0. The first-order valence-corrected chi connectivity index (χ1v) is 7.89. The van der Waals surface area contributed by atoms with Crippen LogP contribution in [0.25, 0.3) is 0 Å². The normalized spacial score (nSPS) is 10.6. The topological polar surface area (TPSA) is 68.0 Å². The van der Waals surface area contributed by atoms with Crippen LogP contribution in [0, 0.1) is 13.8 Å². The van der Waals surface area contributed by atoms with Crippen molar-refractivity contribution < 1.29 is 4.79 Å². The molecule has 0 unspecified atom stereocenters. The molecule has 1 aromatic heterocycles. The molecule has 2 rings (SSSR count). The number of carbonyl (C=O) groups excluding carboxylic acids is 1. The average molecular weight is 354 g/mol. The molecule has 1 heterocycles. The van der Waals surface area contributed by atoms with E-state index in [4.69, 9.17) is 5.73 Å². The molecule has 106 valence electrons. The number of aryl methyl sites for hydroxylation is 1. The number of carbonyl (C=O) groups is 1. The van der Waals surface area contributed by atoms with Gasteiger partial charge in [0.2, 0.25) is 0 Å². The molecule has 0 saturated carbocycles. The van der Waals surface area contributed by atoms with Crippen LogP contribution in [-0.4, -0.2) is 17.4 Å². The Morgan fingerprint density at radius 2 is 2.20 bits per heavy atom. The highest BCUT2D eigenvalue weighted by atomic mass is 79.9. The number of hydrogen-bond donors (Lipinski definition) is 2. The molecular formula is C14H16BrN3OS. The van der Waals surface area contributed by atoms with Crippen molar-refractivity contribution in [3.63, 3.8) is 0 Å². The van der Waals surface area contributed by atoms with Crippen molar-refractivity contribution in [2.75, 3.05) is 12.3 Å². The van der Waals surface area contributed by atoms with E-state index in [1.807, 2.05) is 19.2 Å². The summed E-state index contributed by atoms with van der Waals surface area (Å²) < 4.78 is 0.806. The van der Waals surface area contributed by atoms with Gasteiger partial charge in [0.1, 0.15) is 0 Å². The fourth-order valence-electron chi connectivity index (χ4n) is 1.86. The Balaban J connectivity index is 1.98. The molecule has 4 nitrogen and oxygen atoms in total. The van der Waals surface area contributed by atoms with Gasteiger partial charge in [-0.05, 0) is 31.5 Å². The fraction of sp³-hybridized carbons (Fsp3) is 0.286. The van der Waals surface area contributed by atoms with Crippen LogP contribution in [0.1, 0.15) is 26.6 Å². The molecule has 0 spiro atoms. The molecule has 0 atom stereocenters. The van der Waals surface area contributed by atoms with Gasteiger partial charge in [-0.25, -0.2) is 4.98 Å². The molecule has 1 amide bonds. The van der Waals surface area contributed by atoms with Gasteiger partial charge in [-0.15, -0.1) is 11.3 Å². The summed E-state index contributed by atoms with van der Waals surface area (Å²) in [5.41, 5.74) is 8.89. The number of nitrogens with zero attached hydrogens (tertiary/aromatic N) is 1. The highest BCUT2D eigenvalue weighted by Crippen LogP contribution is 2.22. The van der Waals surface area contributed by atoms with E-state index in [1.54, 1.807) is 23.5 Å². The van der Waals surface area contributed by atoms with Crippen LogP contribution in [0.3, 0.4) is 0 Å². The Bertz CT molecular complexity index is 639. The van der Waals surface area contributed by atoms with E-state index in [0.717, 1.165) is 27.2 Å². The maximum Gasteiger partial charge on any atom is 0.251 e. The van der Waals surface area contributed by atoms with Crippen LogP contribution in [0.4, 0.5) is 5.69 Å². The van der Waals surface area contributed by atoms with Crippen LogP contribution >= 0.6 is 27.3 Å². The summed E-state index contributed by atoms with van der Waals surface area (Å²) in [6.45, 7) is 4.38. The van der Waals surface area contributed by atoms with Gasteiger partial charge in [0.05, 0.1) is 10.7 Å². The number of amides is 1. The van der Waals surface area contributed by atoms with E-state index in [0.29, 0.717) is 17.8 Å². The molecular weight excluding hydrogens is 338 g/mol. The lowest BCUT2D eigenvalue weighted by molar-refractivity contribution is 0.0953. The van der Waals surface area contributed by atoms with Gasteiger partial charge >= 0.3 is 0 Å². The van der Waals surface area contributed by atoms with Crippen LogP contribution in [0.5, 0.6) is 0 Å². The third-order valence-electron chi connectivity index (χ3n) is 2.99. The van der Waals surface area contributed by atoms with Gasteiger partial charge in [0.25, 0.3) is 5.91 Å². The number of halogens is 1. The molecule has 1 aromatic carbocycles. The van der Waals surface area contributed by atoms with Crippen molar-refractivity contribution in [3.8, 4) is 0 Å². The molecule has 0 bridgehead atoms. The molecule has 3 N–H and O–H groups in total. The first-order valence-electron chi connectivity index (χ1n) is 6.22. The third kappa shape index (κ3) is 3.58. The summed E-state index contributed by atoms with van der Waals surface area (Å²) in [4.78, 5) is 16.5. The highest BCUT2D eigenvalue weighted by molar-refractivity contribution is 9.10. The minimum absolute atomic E-state index is 0.109. The fourth-order valence-corrected chi connectivity index (χ4v) is 2.98. The predicted octanol–water partition coefficient (Wildman–Crippen LogP) is 3.08. The van der Waals surface area contributed by atoms with Crippen LogP contribution in [0.15, 0.2) is 22.0 Å². The summed E-state index contributed by atoms with van der Waals surface area (Å²) in [5.74, 6) is -0.109. The van der Waals surface area contributed by atoms with Crippen molar-refractivity contribution in [3.05, 3.63) is 43.8 Å². The smallest absolute Gasteiger partial charge is 0.251 e. The van der Waals surface area contributed by atoms with Gasteiger partial charge in [-0.3, -0.25) is 4.79 Å². The molecule has 0 aliphatic heterocycles. The number of hydrogen-bond acceptors (Lipinski definition) is 4. The van der Waals surface area contributed by atoms with E-state index in [1.165, 1.54) is 0 Å². The molecule has 0 fully saturated rings. The molecule has 0 aliphatic carbocycles. The molecule has 0 saturated heterocycles. The van der Waals surface area contributed by atoms with E-state index in [2.05, 4.69) is 26.2 Å². The SMILES string of the molecule is Cc1nc(CCNC(=O)c2cc(Br)cc(N)c2C)cs1. The van der Waals surface area contributed by atoms with Crippen molar-refractivity contribution >= 4 is 38.9 Å². The summed E-state index contributed by atoms with van der Waals surface area (Å²) in [6.07, 6.45) is 0.735. The largest absolute Gasteiger partial charge is 0.398 e. The Hall–Kier alpha value is -1.40. The van der Waals surface area contributed by atoms with Gasteiger partial charge in [0, 0.05) is 34.1 Å². The first-order chi connectivity index (χ1) is 9.47. The van der Waals surface area contributed by atoms with Crippen molar-refractivity contribution in [1.29, 1.82) is 0 Å². The zero-order valence-corrected chi connectivity index (χ0v) is 13.8. The van der Waals surface area contributed by atoms with Crippen LogP contribution in [-0.2, 0) is 6.42 Å². The quantitative estimate of drug-likeness (QED) is 0.830. The predicted molar refractivity (Wildman–Crippen MR) is 86.2 cm³/mol. The van der Waals surface area contributed by atoms with Gasteiger partial charge in [0.15, 0.2) is 0 Å². The van der Waals surface area contributed by atoms with Crippen molar-refractivity contribution in [1.82, 2.24) is 10.3 Å². The number of rotatable bonds is 4. The second-order valence-electron chi connectivity index (χ2n) is 4.53. The summed E-state index contributed by atoms with van der Waals surface area (Å²) in [5, 5.41) is 5.96. The maximum atomic E-state index is 12.2. The molecule has 20 heavy (non-hydrogen) atoms. The van der Waals surface area contributed by atoms with Crippen LogP contribution in [0.2, 0.25) is 0 Å². The monoisotopic (exact) mass is 353 g/mol. The number of thiazole rings is 1. The number of nitrogens with one attached hydrogen (secondary N) is 1. The molecule has 6 heteroatoms. The standard InChI is InChI=1S/C14H16BrN3OS/c1-8-12(5-10(15)6-13(8)16)14(19)17-4-3-11-7-20-9(2)18-11/h5-7H,3-4,16H2,1-2H3,(H,17,19). The van der Waals surface area contributed by atoms with E-state index < -0.39 is 0 Å². The minimum Gasteiger partial charge on any atom is -0.398 e. The van der Waals surface area contributed by atoms with Gasteiger partial charge in [-0.1, -0.05) is 15.9 Å². The second kappa shape index (κ2) is 6.37. The Morgan fingerprint density at radius 3 is 2.85 bits per heavy atom. The summed E-state index contributed by atoms with van der Waals surface area (Å²) in [6, 6.07) is 3.58. The number of nitrogen functional groups attached to an aromatic ring is 1. The number of aromatic nitrogens is 1. The Kier molecular flexibility index (Phi) is 4.77. The van der Waals surface area contributed by atoms with E-state index >= 15 is 0 Å². The summed E-state index contributed by atoms with van der Waals surface area (Å²) >= 11 is 4.97. The third-order valence-corrected chi connectivity index (χ3v) is 4.27. The lowest BCUT2D eigenvalue weighted by atomic mass is 10.1. The molecule has 0 aliphatic rings. The van der Waals surface area contributed by atoms with E-state index in [-0.39, 0.29) is 5.91 Å². The van der Waals surface area contributed by atoms with Gasteiger partial charge < -0.3 is 11.1 Å². The maximum absolute atomic E-state index is 12.2. The minimum atomic E-state index is -0.109. The zero-order valence-electron chi connectivity index (χ0n) is 11.4. The first kappa shape index (κ1) is 15.0. The second-order valence-corrected chi connectivity index (χ2v) is 6.51. The van der Waals surface area contributed by atoms with Crippen molar-refractivity contribution in [2.45, 2.75) is 20.3 Å². The average Bonchev–Trinajstić information content (AvgIpc) is 2.79. The zero-order chi connectivity index (χ0) is 14.7. The Labute approximate surface area is 130 Å². The van der Waals surface area contributed by atoms with Crippen molar-refractivity contribution in [2.24, 2.45) is 0 Å². The highest BCUT2D eigenvalue weighted by Gasteiger charge is 2.12.